The van der Waals surface area contributed by atoms with Gasteiger partial charge in [0.05, 0.1) is 5.92 Å². The molecule has 3 unspecified atom stereocenters. The topological polar surface area (TPSA) is 40.5 Å². The van der Waals surface area contributed by atoms with Crippen LogP contribution in [0.2, 0.25) is 5.02 Å². The molecular weight excluding hydrogens is 250 g/mol. The van der Waals surface area contributed by atoms with E-state index in [1.165, 1.54) is 0 Å². The lowest BCUT2D eigenvalue weighted by molar-refractivity contribution is -0.142. The van der Waals surface area contributed by atoms with Crippen LogP contribution < -0.4 is 0 Å². The maximum atomic E-state index is 11.1. The van der Waals surface area contributed by atoms with Crippen LogP contribution in [0.1, 0.15) is 25.5 Å². The third-order valence-corrected chi connectivity index (χ3v) is 4.07. The average molecular weight is 268 g/mol. The fourth-order valence-electron chi connectivity index (χ4n) is 2.62. The van der Waals surface area contributed by atoms with Crippen molar-refractivity contribution < 1.29 is 9.90 Å². The van der Waals surface area contributed by atoms with E-state index in [1.807, 2.05) is 31.2 Å². The van der Waals surface area contributed by atoms with Gasteiger partial charge in [-0.25, -0.2) is 0 Å². The monoisotopic (exact) mass is 267 g/mol. The van der Waals surface area contributed by atoms with Crippen LogP contribution >= 0.6 is 11.6 Å². The number of hydrogen-bond acceptors (Lipinski definition) is 2. The molecular formula is C14H18ClNO2. The van der Waals surface area contributed by atoms with Crippen LogP contribution in [0.3, 0.4) is 0 Å². The molecule has 1 aromatic rings. The molecule has 1 N–H and O–H groups in total. The molecule has 1 aliphatic rings. The second-order valence-corrected chi connectivity index (χ2v) is 5.54. The number of carboxylic acid groups (broad SMARTS) is 1. The van der Waals surface area contributed by atoms with Gasteiger partial charge < -0.3 is 5.11 Å². The number of likely N-dealkylation sites (tertiary alicyclic amines) is 1. The van der Waals surface area contributed by atoms with Crippen molar-refractivity contribution in [1.82, 2.24) is 4.90 Å². The first-order chi connectivity index (χ1) is 8.49. The van der Waals surface area contributed by atoms with E-state index >= 15 is 0 Å². The lowest BCUT2D eigenvalue weighted by atomic mass is 9.99. The normalized spacial score (nSPS) is 26.2. The summed E-state index contributed by atoms with van der Waals surface area (Å²) >= 11 is 5.99. The number of nitrogens with zero attached hydrogens (tertiary/aromatic N) is 1. The molecule has 98 valence electrons. The van der Waals surface area contributed by atoms with Crippen LogP contribution in [-0.2, 0) is 4.79 Å². The first kappa shape index (κ1) is 13.4. The highest BCUT2D eigenvalue weighted by molar-refractivity contribution is 6.30. The predicted octanol–water partition coefficient (Wildman–Crippen LogP) is 3.05. The maximum absolute atomic E-state index is 11.1. The van der Waals surface area contributed by atoms with Gasteiger partial charge in [-0.1, -0.05) is 30.7 Å². The Bertz CT molecular complexity index is 449. The zero-order valence-corrected chi connectivity index (χ0v) is 11.4. The number of halogens is 1. The summed E-state index contributed by atoms with van der Waals surface area (Å²) < 4.78 is 0. The zero-order valence-electron chi connectivity index (χ0n) is 10.6. The fourth-order valence-corrected chi connectivity index (χ4v) is 2.82. The Kier molecular flexibility index (Phi) is 3.93. The molecule has 18 heavy (non-hydrogen) atoms. The molecule has 0 amide bonds. The number of hydrogen-bond donors (Lipinski definition) is 1. The summed E-state index contributed by atoms with van der Waals surface area (Å²) in [6, 6.07) is 7.98. The molecule has 1 aliphatic heterocycles. The molecule has 0 aliphatic carbocycles. The second kappa shape index (κ2) is 5.29. The van der Waals surface area contributed by atoms with Crippen molar-refractivity contribution in [2.75, 3.05) is 13.1 Å². The molecule has 1 heterocycles. The summed E-state index contributed by atoms with van der Waals surface area (Å²) in [5, 5.41) is 9.87. The molecule has 3 nitrogen and oxygen atoms in total. The molecule has 0 saturated carbocycles. The van der Waals surface area contributed by atoms with E-state index in [2.05, 4.69) is 11.8 Å². The van der Waals surface area contributed by atoms with Gasteiger partial charge in [0.15, 0.2) is 0 Å². The molecule has 0 spiro atoms. The average Bonchev–Trinajstić information content (AvgIpc) is 2.70. The van der Waals surface area contributed by atoms with Crippen LogP contribution in [0, 0.1) is 11.8 Å². The minimum atomic E-state index is -0.691. The van der Waals surface area contributed by atoms with Gasteiger partial charge in [-0.15, -0.1) is 0 Å². The zero-order chi connectivity index (χ0) is 13.3. The summed E-state index contributed by atoms with van der Waals surface area (Å²) in [6.07, 6.45) is 0. The van der Waals surface area contributed by atoms with Crippen LogP contribution in [0.4, 0.5) is 0 Å². The highest BCUT2D eigenvalue weighted by atomic mass is 35.5. The quantitative estimate of drug-likeness (QED) is 0.915. The van der Waals surface area contributed by atoms with Crippen molar-refractivity contribution in [3.63, 3.8) is 0 Å². The van der Waals surface area contributed by atoms with Gasteiger partial charge in [-0.3, -0.25) is 9.69 Å². The van der Waals surface area contributed by atoms with Crippen LogP contribution in [0.5, 0.6) is 0 Å². The van der Waals surface area contributed by atoms with Gasteiger partial charge in [0.2, 0.25) is 0 Å². The van der Waals surface area contributed by atoms with E-state index in [0.717, 1.165) is 17.1 Å². The van der Waals surface area contributed by atoms with Gasteiger partial charge >= 0.3 is 5.97 Å². The largest absolute Gasteiger partial charge is 0.481 e. The van der Waals surface area contributed by atoms with Gasteiger partial charge in [0.1, 0.15) is 0 Å². The van der Waals surface area contributed by atoms with Crippen molar-refractivity contribution in [3.8, 4) is 0 Å². The molecule has 1 saturated heterocycles. The van der Waals surface area contributed by atoms with Gasteiger partial charge in [-0.2, -0.15) is 0 Å². The third-order valence-electron chi connectivity index (χ3n) is 3.84. The molecule has 1 aromatic carbocycles. The summed E-state index contributed by atoms with van der Waals surface area (Å²) in [7, 11) is 0. The Morgan fingerprint density at radius 3 is 2.78 bits per heavy atom. The van der Waals surface area contributed by atoms with Crippen molar-refractivity contribution in [1.29, 1.82) is 0 Å². The molecule has 0 bridgehead atoms. The number of carbonyl (C=O) groups is 1. The van der Waals surface area contributed by atoms with Crippen LogP contribution in [0.15, 0.2) is 24.3 Å². The molecule has 2 rings (SSSR count). The van der Waals surface area contributed by atoms with Gasteiger partial charge in [0.25, 0.3) is 0 Å². The Morgan fingerprint density at radius 1 is 1.50 bits per heavy atom. The SMILES string of the molecule is CC1CN(C(C)c2cccc(Cl)c2)CC1C(=O)O. The highest BCUT2D eigenvalue weighted by Gasteiger charge is 2.36. The van der Waals surface area contributed by atoms with Crippen LogP contribution in [0.25, 0.3) is 0 Å². The number of rotatable bonds is 3. The Balaban J connectivity index is 2.11. The van der Waals surface area contributed by atoms with E-state index in [-0.39, 0.29) is 17.9 Å². The maximum Gasteiger partial charge on any atom is 0.308 e. The number of benzene rings is 1. The molecule has 1 fully saturated rings. The fraction of sp³-hybridized carbons (Fsp3) is 0.500. The smallest absolute Gasteiger partial charge is 0.308 e. The molecule has 3 atom stereocenters. The minimum Gasteiger partial charge on any atom is -0.481 e. The van der Waals surface area contributed by atoms with E-state index in [1.54, 1.807) is 0 Å². The van der Waals surface area contributed by atoms with Crippen molar-refractivity contribution in [2.45, 2.75) is 19.9 Å². The van der Waals surface area contributed by atoms with Gasteiger partial charge in [-0.05, 0) is 30.5 Å². The Labute approximate surface area is 112 Å². The lowest BCUT2D eigenvalue weighted by Gasteiger charge is -2.24. The molecule has 0 aromatic heterocycles. The number of aliphatic carboxylic acids is 1. The standard InChI is InChI=1S/C14H18ClNO2/c1-9-7-16(8-13(9)14(17)18)10(2)11-4-3-5-12(15)6-11/h3-6,9-10,13H,7-8H2,1-2H3,(H,17,18). The Hall–Kier alpha value is -1.06. The minimum absolute atomic E-state index is 0.198. The van der Waals surface area contributed by atoms with Crippen molar-refractivity contribution in [3.05, 3.63) is 34.9 Å². The van der Waals surface area contributed by atoms with Gasteiger partial charge in [0, 0.05) is 24.2 Å². The van der Waals surface area contributed by atoms with E-state index < -0.39 is 5.97 Å². The van der Waals surface area contributed by atoms with Crippen LogP contribution in [-0.4, -0.2) is 29.1 Å². The summed E-state index contributed by atoms with van der Waals surface area (Å²) in [5.74, 6) is -0.751. The first-order valence-corrected chi connectivity index (χ1v) is 6.59. The van der Waals surface area contributed by atoms with Crippen molar-refractivity contribution in [2.24, 2.45) is 11.8 Å². The molecule has 0 radical (unpaired) electrons. The molecule has 4 heteroatoms. The summed E-state index contributed by atoms with van der Waals surface area (Å²) in [4.78, 5) is 13.3. The van der Waals surface area contributed by atoms with E-state index in [0.29, 0.717) is 6.54 Å². The van der Waals surface area contributed by atoms with E-state index in [9.17, 15) is 4.79 Å². The number of carboxylic acids is 1. The summed E-state index contributed by atoms with van der Waals surface area (Å²) in [6.45, 7) is 5.54. The van der Waals surface area contributed by atoms with Crippen molar-refractivity contribution >= 4 is 17.6 Å². The lowest BCUT2D eigenvalue weighted by Crippen LogP contribution is -2.26. The first-order valence-electron chi connectivity index (χ1n) is 6.21. The highest BCUT2D eigenvalue weighted by Crippen LogP contribution is 2.31. The third kappa shape index (κ3) is 2.68. The summed E-state index contributed by atoms with van der Waals surface area (Å²) in [5.41, 5.74) is 1.14. The Morgan fingerprint density at radius 2 is 2.22 bits per heavy atom. The second-order valence-electron chi connectivity index (χ2n) is 5.11. The predicted molar refractivity (Wildman–Crippen MR) is 71.7 cm³/mol. The van der Waals surface area contributed by atoms with E-state index in [4.69, 9.17) is 16.7 Å².